The minimum atomic E-state index is -1.32. The summed E-state index contributed by atoms with van der Waals surface area (Å²) in [6.45, 7) is 0.786. The normalized spacial score (nSPS) is 20.4. The van der Waals surface area contributed by atoms with E-state index >= 15 is 0 Å². The van der Waals surface area contributed by atoms with Crippen LogP contribution < -0.4 is 10.6 Å². The summed E-state index contributed by atoms with van der Waals surface area (Å²) in [4.78, 5) is 54.4. The number of carbonyl (C=O) groups is 4. The molecule has 184 valence electrons. The molecule has 35 heavy (non-hydrogen) atoms. The summed E-state index contributed by atoms with van der Waals surface area (Å²) >= 11 is 3.36. The highest BCUT2D eigenvalue weighted by Gasteiger charge is 2.43. The van der Waals surface area contributed by atoms with E-state index in [-0.39, 0.29) is 11.8 Å². The molecule has 0 radical (unpaired) electrons. The molecule has 9 nitrogen and oxygen atoms in total. The highest BCUT2D eigenvalue weighted by atomic mass is 79.9. The van der Waals surface area contributed by atoms with Crippen molar-refractivity contribution < 1.29 is 24.3 Å². The minimum Gasteiger partial charge on any atom is -0.465 e. The van der Waals surface area contributed by atoms with Crippen molar-refractivity contribution in [3.63, 3.8) is 0 Å². The van der Waals surface area contributed by atoms with Crippen molar-refractivity contribution in [3.8, 4) is 0 Å². The van der Waals surface area contributed by atoms with Crippen LogP contribution in [-0.2, 0) is 14.4 Å². The van der Waals surface area contributed by atoms with Gasteiger partial charge < -0.3 is 25.5 Å². The van der Waals surface area contributed by atoms with Gasteiger partial charge in [-0.3, -0.25) is 14.4 Å². The molecule has 4 amide bonds. The standard InChI is InChI=1S/C25H27BrN4O5/c26-17-10-12-18(13-11-17)27-22(31)19-8-4-14-29(19)23(32)20-9-5-15-30(20)24(33)21(28-25(34)35)16-6-2-1-3-7-16/h1-3,6-7,10-13,19-21,28H,4-5,8-9,14-15H2,(H,27,31)(H,34,35)/t19-,20-,21+/m0/s1. The number of hydrogen-bond donors (Lipinski definition) is 3. The first kappa shape index (κ1) is 24.7. The molecule has 3 N–H and O–H groups in total. The quantitative estimate of drug-likeness (QED) is 0.517. The van der Waals surface area contributed by atoms with Gasteiger partial charge in [-0.05, 0) is 55.5 Å². The van der Waals surface area contributed by atoms with Crippen LogP contribution in [-0.4, -0.2) is 63.9 Å². The van der Waals surface area contributed by atoms with Crippen molar-refractivity contribution in [1.29, 1.82) is 0 Å². The molecule has 2 aromatic rings. The molecule has 10 heteroatoms. The van der Waals surface area contributed by atoms with Gasteiger partial charge in [0, 0.05) is 23.2 Å². The molecule has 0 bridgehead atoms. The van der Waals surface area contributed by atoms with Gasteiger partial charge in [0.2, 0.25) is 11.8 Å². The Morgan fingerprint density at radius 3 is 2.17 bits per heavy atom. The van der Waals surface area contributed by atoms with E-state index in [9.17, 15) is 24.3 Å². The Hall–Kier alpha value is -3.40. The van der Waals surface area contributed by atoms with E-state index in [4.69, 9.17) is 0 Å². The summed E-state index contributed by atoms with van der Waals surface area (Å²) < 4.78 is 0.894. The van der Waals surface area contributed by atoms with Gasteiger partial charge in [0.15, 0.2) is 0 Å². The molecule has 3 atom stereocenters. The van der Waals surface area contributed by atoms with E-state index in [1.54, 1.807) is 47.4 Å². The number of hydrogen-bond acceptors (Lipinski definition) is 4. The molecule has 2 aliphatic heterocycles. The molecule has 0 spiro atoms. The first-order valence-electron chi connectivity index (χ1n) is 11.6. The third kappa shape index (κ3) is 5.64. The summed E-state index contributed by atoms with van der Waals surface area (Å²) in [6, 6.07) is 13.3. The summed E-state index contributed by atoms with van der Waals surface area (Å²) in [5.74, 6) is -1.00. The maximum absolute atomic E-state index is 13.6. The molecule has 0 saturated carbocycles. The van der Waals surface area contributed by atoms with Gasteiger partial charge in [0.05, 0.1) is 0 Å². The van der Waals surface area contributed by atoms with Crippen LogP contribution in [0.2, 0.25) is 0 Å². The number of anilines is 1. The first-order chi connectivity index (χ1) is 16.8. The molecule has 2 fully saturated rings. The second-order valence-electron chi connectivity index (χ2n) is 8.67. The number of halogens is 1. The molecule has 2 saturated heterocycles. The van der Waals surface area contributed by atoms with E-state index < -0.39 is 30.1 Å². The van der Waals surface area contributed by atoms with Crippen LogP contribution in [0.5, 0.6) is 0 Å². The summed E-state index contributed by atoms with van der Waals surface area (Å²) in [5.41, 5.74) is 1.14. The van der Waals surface area contributed by atoms with Gasteiger partial charge in [-0.25, -0.2) is 4.79 Å². The Morgan fingerprint density at radius 1 is 0.886 bits per heavy atom. The summed E-state index contributed by atoms with van der Waals surface area (Å²) in [6.07, 6.45) is 1.01. The van der Waals surface area contributed by atoms with Gasteiger partial charge in [-0.2, -0.15) is 0 Å². The second-order valence-corrected chi connectivity index (χ2v) is 9.58. The molecule has 2 aromatic carbocycles. The van der Waals surface area contributed by atoms with Crippen molar-refractivity contribution in [1.82, 2.24) is 15.1 Å². The number of carbonyl (C=O) groups excluding carboxylic acids is 3. The van der Waals surface area contributed by atoms with Crippen molar-refractivity contribution in [2.24, 2.45) is 0 Å². The molecule has 0 aliphatic carbocycles. The molecule has 2 aliphatic rings. The van der Waals surface area contributed by atoms with Crippen LogP contribution in [0.3, 0.4) is 0 Å². The van der Waals surface area contributed by atoms with Crippen molar-refractivity contribution in [2.45, 2.75) is 43.8 Å². The van der Waals surface area contributed by atoms with Crippen LogP contribution in [0, 0.1) is 0 Å². The van der Waals surface area contributed by atoms with Gasteiger partial charge in [0.1, 0.15) is 18.1 Å². The predicted molar refractivity (Wildman–Crippen MR) is 133 cm³/mol. The van der Waals surface area contributed by atoms with Crippen LogP contribution >= 0.6 is 15.9 Å². The second kappa shape index (κ2) is 10.9. The zero-order valence-electron chi connectivity index (χ0n) is 19.0. The van der Waals surface area contributed by atoms with Crippen LogP contribution in [0.25, 0.3) is 0 Å². The van der Waals surface area contributed by atoms with Crippen molar-refractivity contribution in [3.05, 3.63) is 64.6 Å². The Morgan fingerprint density at radius 2 is 1.51 bits per heavy atom. The fraction of sp³-hybridized carbons (Fsp3) is 0.360. The lowest BCUT2D eigenvalue weighted by molar-refractivity contribution is -0.146. The Kier molecular flexibility index (Phi) is 7.70. The molecular weight excluding hydrogens is 516 g/mol. The topological polar surface area (TPSA) is 119 Å². The maximum Gasteiger partial charge on any atom is 0.405 e. The van der Waals surface area contributed by atoms with E-state index in [0.717, 1.165) is 4.47 Å². The minimum absolute atomic E-state index is 0.260. The maximum atomic E-state index is 13.6. The van der Waals surface area contributed by atoms with E-state index in [0.29, 0.717) is 50.0 Å². The number of nitrogens with one attached hydrogen (secondary N) is 2. The molecule has 2 heterocycles. The Bertz CT molecular complexity index is 1090. The average Bonchev–Trinajstić information content (AvgIpc) is 3.54. The van der Waals surface area contributed by atoms with Crippen molar-refractivity contribution >= 4 is 45.4 Å². The highest BCUT2D eigenvalue weighted by molar-refractivity contribution is 9.10. The number of carboxylic acid groups (broad SMARTS) is 1. The van der Waals surface area contributed by atoms with E-state index in [1.165, 1.54) is 4.90 Å². The Balaban J connectivity index is 1.49. The number of amides is 4. The van der Waals surface area contributed by atoms with Gasteiger partial charge in [-0.15, -0.1) is 0 Å². The molecule has 4 rings (SSSR count). The SMILES string of the molecule is O=C(O)N[C@@H](C(=O)N1CCC[C@H]1C(=O)N1CCC[C@H]1C(=O)Nc1ccc(Br)cc1)c1ccccc1. The van der Waals surface area contributed by atoms with Crippen LogP contribution in [0.4, 0.5) is 10.5 Å². The largest absolute Gasteiger partial charge is 0.465 e. The summed E-state index contributed by atoms with van der Waals surface area (Å²) in [7, 11) is 0. The first-order valence-corrected chi connectivity index (χ1v) is 12.4. The number of nitrogens with zero attached hydrogens (tertiary/aromatic N) is 2. The fourth-order valence-corrected chi connectivity index (χ4v) is 5.03. The van der Waals surface area contributed by atoms with Crippen LogP contribution in [0.1, 0.15) is 37.3 Å². The monoisotopic (exact) mass is 542 g/mol. The van der Waals surface area contributed by atoms with Gasteiger partial charge in [-0.1, -0.05) is 46.3 Å². The fourth-order valence-electron chi connectivity index (χ4n) is 4.76. The smallest absolute Gasteiger partial charge is 0.405 e. The third-order valence-corrected chi connectivity index (χ3v) is 6.95. The third-order valence-electron chi connectivity index (χ3n) is 6.42. The lowest BCUT2D eigenvalue weighted by atomic mass is 10.0. The van der Waals surface area contributed by atoms with Gasteiger partial charge >= 0.3 is 6.09 Å². The van der Waals surface area contributed by atoms with Gasteiger partial charge in [0.25, 0.3) is 5.91 Å². The lowest BCUT2D eigenvalue weighted by Crippen LogP contribution is -2.53. The average molecular weight is 543 g/mol. The lowest BCUT2D eigenvalue weighted by Gasteiger charge is -2.32. The number of benzene rings is 2. The predicted octanol–water partition coefficient (Wildman–Crippen LogP) is 3.38. The zero-order chi connectivity index (χ0) is 24.9. The summed E-state index contributed by atoms with van der Waals surface area (Å²) in [5, 5.41) is 14.5. The molecule has 0 unspecified atom stereocenters. The van der Waals surface area contributed by atoms with Crippen molar-refractivity contribution in [2.75, 3.05) is 18.4 Å². The van der Waals surface area contributed by atoms with Crippen LogP contribution in [0.15, 0.2) is 59.1 Å². The Labute approximate surface area is 211 Å². The zero-order valence-corrected chi connectivity index (χ0v) is 20.6. The highest BCUT2D eigenvalue weighted by Crippen LogP contribution is 2.28. The van der Waals surface area contributed by atoms with E-state index in [1.807, 2.05) is 12.1 Å². The molecular formula is C25H27BrN4O5. The van der Waals surface area contributed by atoms with E-state index in [2.05, 4.69) is 26.6 Å². The number of likely N-dealkylation sites (tertiary alicyclic amines) is 2. The number of rotatable bonds is 6. The molecule has 0 aromatic heterocycles.